The highest BCUT2D eigenvalue weighted by atomic mass is 19.4. The zero-order valence-corrected chi connectivity index (χ0v) is 7.19. The first-order valence-corrected chi connectivity index (χ1v) is 3.65. The van der Waals surface area contributed by atoms with Crippen LogP contribution in [0.5, 0.6) is 0 Å². The Morgan fingerprint density at radius 1 is 1.46 bits per heavy atom. The van der Waals surface area contributed by atoms with E-state index < -0.39 is 30.4 Å². The van der Waals surface area contributed by atoms with Crippen molar-refractivity contribution in [3.8, 4) is 0 Å². The van der Waals surface area contributed by atoms with Gasteiger partial charge in [0, 0.05) is 6.42 Å². The molecule has 0 saturated heterocycles. The molecular weight excluding hydrogens is 185 g/mol. The zero-order valence-electron chi connectivity index (χ0n) is 7.19. The van der Waals surface area contributed by atoms with Gasteiger partial charge in [-0.05, 0) is 13.3 Å². The average molecular weight is 196 g/mol. The number of hydrogen-bond donors (Lipinski definition) is 1. The maximum atomic E-state index is 11.8. The fourth-order valence-corrected chi connectivity index (χ4v) is 0.698. The van der Waals surface area contributed by atoms with Crippen molar-refractivity contribution in [3.05, 3.63) is 12.7 Å². The molecule has 0 fully saturated rings. The van der Waals surface area contributed by atoms with Crippen molar-refractivity contribution in [2.24, 2.45) is 5.41 Å². The third kappa shape index (κ3) is 3.96. The van der Waals surface area contributed by atoms with Gasteiger partial charge in [0.2, 0.25) is 0 Å². The Kier molecular flexibility index (Phi) is 3.51. The van der Waals surface area contributed by atoms with Crippen molar-refractivity contribution in [1.82, 2.24) is 0 Å². The van der Waals surface area contributed by atoms with Crippen molar-refractivity contribution >= 4 is 5.97 Å². The van der Waals surface area contributed by atoms with Gasteiger partial charge in [-0.25, -0.2) is 0 Å². The molecule has 13 heavy (non-hydrogen) atoms. The fourth-order valence-electron chi connectivity index (χ4n) is 0.698. The Balaban J connectivity index is 4.31. The third-order valence-corrected chi connectivity index (χ3v) is 1.87. The number of carboxylic acids is 1. The van der Waals surface area contributed by atoms with E-state index in [9.17, 15) is 18.0 Å². The Hall–Kier alpha value is -1.00. The Bertz CT molecular complexity index is 210. The number of halogens is 3. The monoisotopic (exact) mass is 196 g/mol. The second kappa shape index (κ2) is 3.81. The highest BCUT2D eigenvalue weighted by Gasteiger charge is 2.36. The molecular formula is C8H11F3O2. The maximum Gasteiger partial charge on any atom is 0.389 e. The van der Waals surface area contributed by atoms with Crippen LogP contribution in [-0.2, 0) is 4.79 Å². The van der Waals surface area contributed by atoms with Gasteiger partial charge in [0.25, 0.3) is 0 Å². The molecule has 0 bridgehead atoms. The van der Waals surface area contributed by atoms with Gasteiger partial charge in [-0.2, -0.15) is 13.2 Å². The van der Waals surface area contributed by atoms with E-state index in [1.165, 1.54) is 6.92 Å². The molecule has 0 spiro atoms. The molecule has 0 heterocycles. The summed E-state index contributed by atoms with van der Waals surface area (Å²) in [5, 5.41) is 8.59. The van der Waals surface area contributed by atoms with Gasteiger partial charge >= 0.3 is 12.1 Å². The summed E-state index contributed by atoms with van der Waals surface area (Å²) < 4.78 is 35.3. The number of rotatable bonds is 4. The number of alkyl halides is 3. The predicted molar refractivity (Wildman–Crippen MR) is 41.2 cm³/mol. The van der Waals surface area contributed by atoms with Gasteiger partial charge in [0.05, 0.1) is 5.41 Å². The molecule has 2 nitrogen and oxygen atoms in total. The quantitative estimate of drug-likeness (QED) is 0.701. The van der Waals surface area contributed by atoms with Crippen LogP contribution in [0, 0.1) is 5.41 Å². The lowest BCUT2D eigenvalue weighted by molar-refractivity contribution is -0.153. The summed E-state index contributed by atoms with van der Waals surface area (Å²) in [5.41, 5.74) is -1.49. The van der Waals surface area contributed by atoms with E-state index in [4.69, 9.17) is 5.11 Å². The van der Waals surface area contributed by atoms with Gasteiger partial charge in [-0.15, -0.1) is 6.58 Å². The van der Waals surface area contributed by atoms with Crippen molar-refractivity contribution in [3.63, 3.8) is 0 Å². The Morgan fingerprint density at radius 3 is 2.15 bits per heavy atom. The molecule has 0 aliphatic carbocycles. The number of aliphatic carboxylic acids is 1. The van der Waals surface area contributed by atoms with Crippen molar-refractivity contribution in [1.29, 1.82) is 0 Å². The predicted octanol–water partition coefficient (Wildman–Crippen LogP) is 2.61. The third-order valence-electron chi connectivity index (χ3n) is 1.87. The topological polar surface area (TPSA) is 37.3 Å². The van der Waals surface area contributed by atoms with Gasteiger partial charge in [0.1, 0.15) is 0 Å². The van der Waals surface area contributed by atoms with Crippen LogP contribution in [0.4, 0.5) is 13.2 Å². The van der Waals surface area contributed by atoms with Gasteiger partial charge in [-0.3, -0.25) is 4.79 Å². The van der Waals surface area contributed by atoms with Crippen LogP contribution in [0.2, 0.25) is 0 Å². The molecule has 0 aromatic rings. The first kappa shape index (κ1) is 12.0. The standard InChI is InChI=1S/C8H11F3O2/c1-3-7(2,6(12)13)4-5-8(9,10)11/h3H,1,4-5H2,2H3,(H,12,13). The summed E-state index contributed by atoms with van der Waals surface area (Å²) in [6, 6.07) is 0. The summed E-state index contributed by atoms with van der Waals surface area (Å²) >= 11 is 0. The Morgan fingerprint density at radius 2 is 1.92 bits per heavy atom. The molecule has 1 N–H and O–H groups in total. The molecule has 1 unspecified atom stereocenters. The minimum Gasteiger partial charge on any atom is -0.481 e. The van der Waals surface area contributed by atoms with Gasteiger partial charge in [-0.1, -0.05) is 6.08 Å². The highest BCUT2D eigenvalue weighted by molar-refractivity contribution is 5.76. The SMILES string of the molecule is C=CC(C)(CCC(F)(F)F)C(=O)O. The lowest BCUT2D eigenvalue weighted by Gasteiger charge is -2.20. The molecule has 0 saturated carbocycles. The average Bonchev–Trinajstić information content (AvgIpc) is 1.98. The largest absolute Gasteiger partial charge is 0.481 e. The first-order valence-electron chi connectivity index (χ1n) is 3.65. The van der Waals surface area contributed by atoms with Crippen LogP contribution >= 0.6 is 0 Å². The second-order valence-corrected chi connectivity index (χ2v) is 3.04. The van der Waals surface area contributed by atoms with E-state index in [0.717, 1.165) is 6.08 Å². The summed E-state index contributed by atoms with van der Waals surface area (Å²) in [7, 11) is 0. The van der Waals surface area contributed by atoms with E-state index in [0.29, 0.717) is 0 Å². The smallest absolute Gasteiger partial charge is 0.389 e. The number of carboxylic acid groups (broad SMARTS) is 1. The van der Waals surface area contributed by atoms with E-state index in [2.05, 4.69) is 6.58 Å². The minimum atomic E-state index is -4.32. The number of carbonyl (C=O) groups is 1. The Labute approximate surface area is 74.1 Å². The summed E-state index contributed by atoms with van der Waals surface area (Å²) in [4.78, 5) is 10.5. The molecule has 0 aromatic carbocycles. The van der Waals surface area contributed by atoms with Crippen molar-refractivity contribution in [2.75, 3.05) is 0 Å². The fraction of sp³-hybridized carbons (Fsp3) is 0.625. The van der Waals surface area contributed by atoms with Crippen LogP contribution in [0.15, 0.2) is 12.7 Å². The first-order chi connectivity index (χ1) is 5.71. The zero-order chi connectivity index (χ0) is 10.7. The minimum absolute atomic E-state index is 0.477. The lowest BCUT2D eigenvalue weighted by Crippen LogP contribution is -2.27. The molecule has 0 rings (SSSR count). The van der Waals surface area contributed by atoms with Crippen LogP contribution in [0.3, 0.4) is 0 Å². The highest BCUT2D eigenvalue weighted by Crippen LogP contribution is 2.31. The molecule has 76 valence electrons. The molecule has 0 amide bonds. The normalized spacial score (nSPS) is 16.3. The summed E-state index contributed by atoms with van der Waals surface area (Å²) in [6.45, 7) is 4.42. The molecule has 0 aliphatic rings. The summed E-state index contributed by atoms with van der Waals surface area (Å²) in [6.07, 6.45) is -4.88. The van der Waals surface area contributed by atoms with Gasteiger partial charge in [0.15, 0.2) is 0 Å². The van der Waals surface area contributed by atoms with Crippen LogP contribution in [0.25, 0.3) is 0 Å². The van der Waals surface area contributed by atoms with E-state index in [1.807, 2.05) is 0 Å². The molecule has 1 atom stereocenters. The number of hydrogen-bond acceptors (Lipinski definition) is 1. The van der Waals surface area contributed by atoms with Crippen molar-refractivity contribution in [2.45, 2.75) is 25.9 Å². The van der Waals surface area contributed by atoms with Crippen LogP contribution in [-0.4, -0.2) is 17.3 Å². The van der Waals surface area contributed by atoms with Crippen LogP contribution < -0.4 is 0 Å². The van der Waals surface area contributed by atoms with Crippen LogP contribution in [0.1, 0.15) is 19.8 Å². The second-order valence-electron chi connectivity index (χ2n) is 3.04. The lowest BCUT2D eigenvalue weighted by atomic mass is 9.86. The summed E-state index contributed by atoms with van der Waals surface area (Å²) in [5.74, 6) is -1.29. The molecule has 5 heteroatoms. The van der Waals surface area contributed by atoms with E-state index in [-0.39, 0.29) is 0 Å². The van der Waals surface area contributed by atoms with E-state index >= 15 is 0 Å². The molecule has 0 aromatic heterocycles. The molecule has 0 aliphatic heterocycles. The maximum absolute atomic E-state index is 11.8. The van der Waals surface area contributed by atoms with E-state index in [1.54, 1.807) is 0 Å². The van der Waals surface area contributed by atoms with Gasteiger partial charge < -0.3 is 5.11 Å². The van der Waals surface area contributed by atoms with Crippen molar-refractivity contribution < 1.29 is 23.1 Å². The molecule has 0 radical (unpaired) electrons.